The largest absolute Gasteiger partial charge is 0.456 e. The topological polar surface area (TPSA) is 114 Å². The number of esters is 1. The second-order valence-electron chi connectivity index (χ2n) is 9.92. The highest BCUT2D eigenvalue weighted by molar-refractivity contribution is 5.94. The summed E-state index contributed by atoms with van der Waals surface area (Å²) in [6.45, 7) is 6.66. The molecule has 1 aromatic heterocycles. The fourth-order valence-corrected chi connectivity index (χ4v) is 5.91. The number of likely N-dealkylation sites (tertiary alicyclic amines) is 2. The van der Waals surface area contributed by atoms with Gasteiger partial charge in [0.15, 0.2) is 5.82 Å². The average molecular weight is 465 g/mol. The number of fused-ring (bicyclic) bond motifs is 3. The van der Waals surface area contributed by atoms with Crippen molar-refractivity contribution in [3.63, 3.8) is 0 Å². The quantitative estimate of drug-likeness (QED) is 0.677. The van der Waals surface area contributed by atoms with Gasteiger partial charge in [-0.15, -0.1) is 5.10 Å². The van der Waals surface area contributed by atoms with Gasteiger partial charge in [0.05, 0.1) is 28.8 Å². The summed E-state index contributed by atoms with van der Waals surface area (Å²) in [4.78, 5) is 29.1. The Balaban J connectivity index is 1.10. The molecule has 2 atom stereocenters. The summed E-state index contributed by atoms with van der Waals surface area (Å²) >= 11 is 0. The van der Waals surface area contributed by atoms with Crippen LogP contribution in [-0.4, -0.2) is 79.8 Å². The smallest absolute Gasteiger partial charge is 0.336 e. The number of aromatic nitrogens is 4. The standard InChI is InChI=1S/C24H28N6O4/c1-14-19(13-34-22(14)32)29-10-7-24(23(29)33)5-8-28(9-6-24)12-20(31)16-3-4-17-18(11-16)15(2)30-21(17)25-26-27-30/h3-4,11,15,20,31H,5-10,12-13H2,1-2H3/t15-,20?/m1/s1. The number of rotatable bonds is 4. The summed E-state index contributed by atoms with van der Waals surface area (Å²) < 4.78 is 6.91. The number of nitrogens with zero attached hydrogens (tertiary/aromatic N) is 6. The van der Waals surface area contributed by atoms with Gasteiger partial charge < -0.3 is 19.6 Å². The van der Waals surface area contributed by atoms with Crippen molar-refractivity contribution in [3.8, 4) is 11.4 Å². The highest BCUT2D eigenvalue weighted by atomic mass is 16.5. The van der Waals surface area contributed by atoms with E-state index in [4.69, 9.17) is 4.74 Å². The molecule has 2 saturated heterocycles. The number of carbonyl (C=O) groups is 2. The number of tetrazole rings is 1. The molecule has 5 heterocycles. The van der Waals surface area contributed by atoms with Gasteiger partial charge in [-0.05, 0) is 67.8 Å². The van der Waals surface area contributed by atoms with E-state index in [-0.39, 0.29) is 29.9 Å². The first-order valence-corrected chi connectivity index (χ1v) is 11.9. The summed E-state index contributed by atoms with van der Waals surface area (Å²) in [5.41, 5.74) is 3.89. The van der Waals surface area contributed by atoms with Gasteiger partial charge in [-0.1, -0.05) is 18.2 Å². The zero-order valence-corrected chi connectivity index (χ0v) is 19.4. The van der Waals surface area contributed by atoms with Gasteiger partial charge in [0.1, 0.15) is 6.61 Å². The SMILES string of the molecule is CC1=C(N2CCC3(CCN(CC(O)c4ccc5c(c4)[C@@H](C)n4nnnc4-5)CC3)C2=O)COC1=O. The van der Waals surface area contributed by atoms with Gasteiger partial charge in [-0.25, -0.2) is 9.48 Å². The molecule has 0 saturated carbocycles. The number of hydrogen-bond acceptors (Lipinski definition) is 8. The van der Waals surface area contributed by atoms with Crippen LogP contribution in [0.15, 0.2) is 29.5 Å². The van der Waals surface area contributed by atoms with Crippen LogP contribution in [0, 0.1) is 5.41 Å². The number of cyclic esters (lactones) is 1. The molecule has 1 unspecified atom stereocenters. The minimum atomic E-state index is -0.615. The van der Waals surface area contributed by atoms with Crippen LogP contribution in [-0.2, 0) is 14.3 Å². The third kappa shape index (κ3) is 3.12. The Morgan fingerprint density at radius 1 is 1.21 bits per heavy atom. The van der Waals surface area contributed by atoms with Crippen LogP contribution >= 0.6 is 0 Å². The van der Waals surface area contributed by atoms with E-state index in [0.717, 1.165) is 60.6 Å². The molecule has 34 heavy (non-hydrogen) atoms. The first-order chi connectivity index (χ1) is 16.4. The molecule has 0 aliphatic carbocycles. The molecule has 10 nitrogen and oxygen atoms in total. The zero-order valence-electron chi connectivity index (χ0n) is 19.4. The first kappa shape index (κ1) is 21.4. The second kappa shape index (κ2) is 7.71. The van der Waals surface area contributed by atoms with E-state index in [2.05, 4.69) is 27.3 Å². The van der Waals surface area contributed by atoms with E-state index in [0.29, 0.717) is 18.7 Å². The highest BCUT2D eigenvalue weighted by Crippen LogP contribution is 2.44. The Kier molecular flexibility index (Phi) is 4.86. The Labute approximate surface area is 197 Å². The molecule has 2 fully saturated rings. The predicted molar refractivity (Wildman–Crippen MR) is 120 cm³/mol. The maximum Gasteiger partial charge on any atom is 0.336 e. The summed E-state index contributed by atoms with van der Waals surface area (Å²) in [5.74, 6) is 0.555. The third-order valence-corrected chi connectivity index (χ3v) is 8.17. The van der Waals surface area contributed by atoms with Crippen molar-refractivity contribution in [2.75, 3.05) is 32.8 Å². The summed E-state index contributed by atoms with van der Waals surface area (Å²) in [6, 6.07) is 6.03. The lowest BCUT2D eigenvalue weighted by molar-refractivity contribution is -0.138. The Hall–Kier alpha value is -3.11. The lowest BCUT2D eigenvalue weighted by atomic mass is 9.77. The molecule has 1 aromatic carbocycles. The monoisotopic (exact) mass is 464 g/mol. The number of hydrogen-bond donors (Lipinski definition) is 1. The van der Waals surface area contributed by atoms with Crippen molar-refractivity contribution in [2.45, 2.75) is 45.3 Å². The number of β-amino-alcohol motifs (C(OH)–C–C–N with tert-alkyl or cyclic N) is 1. The van der Waals surface area contributed by atoms with Crippen LogP contribution in [0.2, 0.25) is 0 Å². The molecular formula is C24H28N6O4. The van der Waals surface area contributed by atoms with Crippen LogP contribution in [0.1, 0.15) is 56.4 Å². The van der Waals surface area contributed by atoms with Gasteiger partial charge in [0, 0.05) is 18.7 Å². The molecule has 6 rings (SSSR count). The van der Waals surface area contributed by atoms with E-state index >= 15 is 0 Å². The van der Waals surface area contributed by atoms with E-state index in [1.54, 1.807) is 16.5 Å². The lowest BCUT2D eigenvalue weighted by Gasteiger charge is -2.38. The zero-order chi connectivity index (χ0) is 23.6. The van der Waals surface area contributed by atoms with Gasteiger partial charge in [0.2, 0.25) is 5.91 Å². The molecule has 1 N–H and O–H groups in total. The molecule has 178 valence electrons. The van der Waals surface area contributed by atoms with Crippen molar-refractivity contribution < 1.29 is 19.4 Å². The number of aliphatic hydroxyl groups is 1. The molecule has 4 aliphatic rings. The molecule has 0 radical (unpaired) electrons. The van der Waals surface area contributed by atoms with Crippen molar-refractivity contribution in [2.24, 2.45) is 5.41 Å². The molecule has 4 aliphatic heterocycles. The maximum absolute atomic E-state index is 13.3. The molecule has 1 spiro atoms. The molecule has 0 bridgehead atoms. The van der Waals surface area contributed by atoms with E-state index in [1.807, 2.05) is 18.2 Å². The molecule has 1 amide bonds. The van der Waals surface area contributed by atoms with Crippen molar-refractivity contribution in [3.05, 3.63) is 40.6 Å². The van der Waals surface area contributed by atoms with Crippen molar-refractivity contribution >= 4 is 11.9 Å². The summed E-state index contributed by atoms with van der Waals surface area (Å²) in [6.07, 6.45) is 1.71. The van der Waals surface area contributed by atoms with E-state index < -0.39 is 6.10 Å². The molecular weight excluding hydrogens is 436 g/mol. The summed E-state index contributed by atoms with van der Waals surface area (Å²) in [7, 11) is 0. The number of amides is 1. The second-order valence-corrected chi connectivity index (χ2v) is 9.92. The number of aliphatic hydroxyl groups excluding tert-OH is 1. The van der Waals surface area contributed by atoms with E-state index in [9.17, 15) is 14.7 Å². The highest BCUT2D eigenvalue weighted by Gasteiger charge is 2.50. The van der Waals surface area contributed by atoms with Crippen LogP contribution in [0.5, 0.6) is 0 Å². The fourth-order valence-electron chi connectivity index (χ4n) is 5.91. The van der Waals surface area contributed by atoms with Crippen LogP contribution in [0.3, 0.4) is 0 Å². The number of ether oxygens (including phenoxy) is 1. The number of piperidine rings is 1. The Morgan fingerprint density at radius 2 is 1.97 bits per heavy atom. The lowest BCUT2D eigenvalue weighted by Crippen LogP contribution is -2.45. The molecule has 10 heteroatoms. The van der Waals surface area contributed by atoms with Gasteiger partial charge >= 0.3 is 5.97 Å². The Morgan fingerprint density at radius 3 is 2.71 bits per heavy atom. The first-order valence-electron chi connectivity index (χ1n) is 11.9. The summed E-state index contributed by atoms with van der Waals surface area (Å²) in [5, 5.41) is 22.9. The third-order valence-electron chi connectivity index (χ3n) is 8.17. The Bertz CT molecular complexity index is 1210. The van der Waals surface area contributed by atoms with Crippen LogP contribution in [0.4, 0.5) is 0 Å². The number of benzene rings is 1. The molecule has 2 aromatic rings. The minimum Gasteiger partial charge on any atom is -0.456 e. The van der Waals surface area contributed by atoms with Crippen LogP contribution in [0.25, 0.3) is 11.4 Å². The fraction of sp³-hybridized carbons (Fsp3) is 0.542. The van der Waals surface area contributed by atoms with Gasteiger partial charge in [0.25, 0.3) is 0 Å². The number of carbonyl (C=O) groups excluding carboxylic acids is 2. The predicted octanol–water partition coefficient (Wildman–Crippen LogP) is 1.44. The van der Waals surface area contributed by atoms with E-state index in [1.165, 1.54) is 0 Å². The van der Waals surface area contributed by atoms with Crippen LogP contribution < -0.4 is 0 Å². The van der Waals surface area contributed by atoms with Gasteiger partial charge in [-0.3, -0.25) is 4.79 Å². The van der Waals surface area contributed by atoms with Crippen molar-refractivity contribution in [1.29, 1.82) is 0 Å². The van der Waals surface area contributed by atoms with Gasteiger partial charge in [-0.2, -0.15) is 0 Å². The maximum atomic E-state index is 13.3. The minimum absolute atomic E-state index is 0.0395. The normalized spacial score (nSPS) is 24.7. The average Bonchev–Trinajstić information content (AvgIpc) is 3.58. The van der Waals surface area contributed by atoms with Crippen molar-refractivity contribution in [1.82, 2.24) is 30.0 Å².